The molecule has 0 aliphatic heterocycles. The summed E-state index contributed by atoms with van der Waals surface area (Å²) < 4.78 is 18.6. The maximum Gasteiger partial charge on any atom is 0.251 e. The second kappa shape index (κ2) is 7.58. The van der Waals surface area contributed by atoms with Gasteiger partial charge in [-0.3, -0.25) is 9.78 Å². The molecule has 0 saturated heterocycles. The van der Waals surface area contributed by atoms with Gasteiger partial charge < -0.3 is 10.1 Å². The van der Waals surface area contributed by atoms with E-state index in [1.807, 2.05) is 18.3 Å². The predicted molar refractivity (Wildman–Crippen MR) is 100 cm³/mol. The largest absolute Gasteiger partial charge is 0.457 e. The number of nitrogens with zero attached hydrogens (tertiary/aromatic N) is 1. The Labute approximate surface area is 157 Å². The average molecular weight is 362 g/mol. The van der Waals surface area contributed by atoms with Crippen LogP contribution in [0.15, 0.2) is 66.9 Å². The molecule has 0 atom stereocenters. The van der Waals surface area contributed by atoms with Crippen molar-refractivity contribution in [3.8, 4) is 11.5 Å². The lowest BCUT2D eigenvalue weighted by Gasteiger charge is -2.09. The third-order valence-electron chi connectivity index (χ3n) is 4.44. The monoisotopic (exact) mass is 362 g/mol. The van der Waals surface area contributed by atoms with Crippen LogP contribution in [0.1, 0.15) is 40.4 Å². The molecule has 1 fully saturated rings. The zero-order valence-corrected chi connectivity index (χ0v) is 14.7. The third kappa shape index (κ3) is 4.50. The van der Waals surface area contributed by atoms with Gasteiger partial charge in [0.05, 0.1) is 0 Å². The van der Waals surface area contributed by atoms with E-state index < -0.39 is 0 Å². The van der Waals surface area contributed by atoms with Gasteiger partial charge in [-0.1, -0.05) is 12.1 Å². The molecule has 1 aliphatic rings. The van der Waals surface area contributed by atoms with E-state index in [4.69, 9.17) is 4.74 Å². The summed E-state index contributed by atoms with van der Waals surface area (Å²) in [6, 6.07) is 16.7. The van der Waals surface area contributed by atoms with Crippen LogP contribution < -0.4 is 10.1 Å². The van der Waals surface area contributed by atoms with E-state index in [9.17, 15) is 9.18 Å². The Morgan fingerprint density at radius 1 is 1.07 bits per heavy atom. The van der Waals surface area contributed by atoms with Gasteiger partial charge in [0.15, 0.2) is 0 Å². The van der Waals surface area contributed by atoms with Gasteiger partial charge in [-0.2, -0.15) is 0 Å². The Kier molecular flexibility index (Phi) is 4.83. The van der Waals surface area contributed by atoms with E-state index in [1.165, 1.54) is 25.0 Å². The quantitative estimate of drug-likeness (QED) is 0.684. The topological polar surface area (TPSA) is 51.2 Å². The van der Waals surface area contributed by atoms with Crippen LogP contribution >= 0.6 is 0 Å². The van der Waals surface area contributed by atoms with Crippen LogP contribution in [0.3, 0.4) is 0 Å². The predicted octanol–water partition coefficient (Wildman–Crippen LogP) is 4.82. The minimum Gasteiger partial charge on any atom is -0.457 e. The minimum atomic E-state index is -0.324. The summed E-state index contributed by atoms with van der Waals surface area (Å²) in [5.74, 6) is 1.14. The minimum absolute atomic E-state index is 0.189. The molecule has 5 heteroatoms. The van der Waals surface area contributed by atoms with Crippen molar-refractivity contribution in [1.82, 2.24) is 10.3 Å². The molecule has 27 heavy (non-hydrogen) atoms. The molecule has 1 saturated carbocycles. The van der Waals surface area contributed by atoms with Gasteiger partial charge in [0, 0.05) is 29.9 Å². The fourth-order valence-electron chi connectivity index (χ4n) is 2.79. The molecule has 4 nitrogen and oxygen atoms in total. The van der Waals surface area contributed by atoms with E-state index >= 15 is 0 Å². The number of ether oxygens (including phenoxy) is 1. The molecule has 2 aromatic carbocycles. The number of hydrogen-bond acceptors (Lipinski definition) is 3. The molecular weight excluding hydrogens is 343 g/mol. The van der Waals surface area contributed by atoms with Crippen molar-refractivity contribution in [2.75, 3.05) is 0 Å². The Morgan fingerprint density at radius 2 is 1.89 bits per heavy atom. The summed E-state index contributed by atoms with van der Waals surface area (Å²) in [7, 11) is 0. The van der Waals surface area contributed by atoms with E-state index in [2.05, 4.69) is 10.3 Å². The lowest BCUT2D eigenvalue weighted by molar-refractivity contribution is 0.0950. The Balaban J connectivity index is 1.37. The molecule has 4 rings (SSSR count). The van der Waals surface area contributed by atoms with Crippen molar-refractivity contribution in [2.45, 2.75) is 25.3 Å². The van der Waals surface area contributed by atoms with E-state index in [1.54, 1.807) is 36.4 Å². The summed E-state index contributed by atoms with van der Waals surface area (Å²) in [5, 5.41) is 2.89. The molecule has 0 bridgehead atoms. The van der Waals surface area contributed by atoms with Crippen LogP contribution in [-0.2, 0) is 6.54 Å². The Bertz CT molecular complexity index is 935. The highest BCUT2D eigenvalue weighted by molar-refractivity contribution is 5.94. The van der Waals surface area contributed by atoms with Gasteiger partial charge in [-0.05, 0) is 66.9 Å². The number of rotatable bonds is 6. The van der Waals surface area contributed by atoms with Gasteiger partial charge in [-0.25, -0.2) is 4.39 Å². The van der Waals surface area contributed by atoms with E-state index in [0.717, 1.165) is 11.3 Å². The van der Waals surface area contributed by atoms with Crippen molar-refractivity contribution in [3.05, 3.63) is 89.5 Å². The summed E-state index contributed by atoms with van der Waals surface area (Å²) in [4.78, 5) is 16.9. The zero-order valence-electron chi connectivity index (χ0n) is 14.7. The number of benzene rings is 2. The summed E-state index contributed by atoms with van der Waals surface area (Å²) in [6.07, 6.45) is 4.26. The number of pyridine rings is 1. The molecular formula is C22H19FN2O2. The first-order valence-electron chi connectivity index (χ1n) is 8.94. The van der Waals surface area contributed by atoms with Gasteiger partial charge in [-0.15, -0.1) is 0 Å². The number of carbonyl (C=O) groups is 1. The fourth-order valence-corrected chi connectivity index (χ4v) is 2.79. The van der Waals surface area contributed by atoms with Crippen molar-refractivity contribution < 1.29 is 13.9 Å². The molecule has 1 N–H and O–H groups in total. The lowest BCUT2D eigenvalue weighted by Crippen LogP contribution is -2.22. The number of carbonyl (C=O) groups excluding carboxylic acids is 1. The molecule has 3 aromatic rings. The molecule has 0 spiro atoms. The van der Waals surface area contributed by atoms with Crippen molar-refractivity contribution in [1.29, 1.82) is 0 Å². The number of aromatic nitrogens is 1. The smallest absolute Gasteiger partial charge is 0.251 e. The highest BCUT2D eigenvalue weighted by atomic mass is 19.1. The van der Waals surface area contributed by atoms with Crippen LogP contribution in [0.5, 0.6) is 11.5 Å². The normalized spacial score (nSPS) is 13.2. The van der Waals surface area contributed by atoms with Gasteiger partial charge in [0.25, 0.3) is 5.91 Å². The first kappa shape index (κ1) is 17.2. The fraction of sp³-hybridized carbons (Fsp3) is 0.182. The summed E-state index contributed by atoms with van der Waals surface area (Å²) in [5.41, 5.74) is 2.60. The average Bonchev–Trinajstić information content (AvgIpc) is 3.54. The van der Waals surface area contributed by atoms with E-state index in [0.29, 0.717) is 29.5 Å². The lowest BCUT2D eigenvalue weighted by atomic mass is 10.2. The molecule has 1 aromatic heterocycles. The van der Waals surface area contributed by atoms with Gasteiger partial charge >= 0.3 is 0 Å². The van der Waals surface area contributed by atoms with Crippen molar-refractivity contribution >= 4 is 5.91 Å². The van der Waals surface area contributed by atoms with Gasteiger partial charge in [0.1, 0.15) is 17.3 Å². The summed E-state index contributed by atoms with van der Waals surface area (Å²) >= 11 is 0. The van der Waals surface area contributed by atoms with Crippen LogP contribution in [0, 0.1) is 5.82 Å². The number of amides is 1. The maximum atomic E-state index is 13.0. The highest BCUT2D eigenvalue weighted by Gasteiger charge is 2.24. The van der Waals surface area contributed by atoms with Crippen LogP contribution in [0.2, 0.25) is 0 Å². The SMILES string of the molecule is O=C(NCc1ccc(C2CC2)nc1)c1cccc(Oc2ccc(F)cc2)c1. The van der Waals surface area contributed by atoms with Gasteiger partial charge in [0.2, 0.25) is 0 Å². The highest BCUT2D eigenvalue weighted by Crippen LogP contribution is 2.38. The Hall–Kier alpha value is -3.21. The first-order chi connectivity index (χ1) is 13.2. The zero-order chi connectivity index (χ0) is 18.6. The number of hydrogen-bond donors (Lipinski definition) is 1. The van der Waals surface area contributed by atoms with Crippen molar-refractivity contribution in [3.63, 3.8) is 0 Å². The van der Waals surface area contributed by atoms with Crippen LogP contribution in [0.4, 0.5) is 4.39 Å². The second-order valence-corrected chi connectivity index (χ2v) is 6.63. The van der Waals surface area contributed by atoms with Crippen LogP contribution in [-0.4, -0.2) is 10.9 Å². The molecule has 1 amide bonds. The van der Waals surface area contributed by atoms with Crippen molar-refractivity contribution in [2.24, 2.45) is 0 Å². The number of halogens is 1. The maximum absolute atomic E-state index is 13.0. The Morgan fingerprint density at radius 3 is 2.59 bits per heavy atom. The third-order valence-corrected chi connectivity index (χ3v) is 4.44. The number of nitrogens with one attached hydrogen (secondary N) is 1. The molecule has 0 radical (unpaired) electrons. The first-order valence-corrected chi connectivity index (χ1v) is 8.94. The second-order valence-electron chi connectivity index (χ2n) is 6.63. The molecule has 1 heterocycles. The molecule has 1 aliphatic carbocycles. The molecule has 0 unspecified atom stereocenters. The van der Waals surface area contributed by atoms with E-state index in [-0.39, 0.29) is 11.7 Å². The summed E-state index contributed by atoms with van der Waals surface area (Å²) in [6.45, 7) is 0.416. The molecule has 136 valence electrons. The standard InChI is InChI=1S/C22H19FN2O2/c23-18-7-9-19(10-8-18)27-20-3-1-2-17(12-20)22(26)25-14-15-4-11-21(24-13-15)16-5-6-16/h1-4,7-13,16H,5-6,14H2,(H,25,26). The van der Waals surface area contributed by atoms with Crippen LogP contribution in [0.25, 0.3) is 0 Å².